The summed E-state index contributed by atoms with van der Waals surface area (Å²) < 4.78 is 1.06. The first-order valence-corrected chi connectivity index (χ1v) is 7.14. The van der Waals surface area contributed by atoms with E-state index in [1.807, 2.05) is 16.8 Å². The summed E-state index contributed by atoms with van der Waals surface area (Å²) in [4.78, 5) is 1.04. The van der Waals surface area contributed by atoms with Crippen LogP contribution in [0.3, 0.4) is 0 Å². The third kappa shape index (κ3) is 2.27. The highest BCUT2D eigenvalue weighted by atomic mass is 79.9. The van der Waals surface area contributed by atoms with Crippen LogP contribution in [0.15, 0.2) is 26.7 Å². The lowest BCUT2D eigenvalue weighted by molar-refractivity contribution is 0.646. The molecular weight excluding hydrogens is 316 g/mol. The summed E-state index contributed by atoms with van der Waals surface area (Å²) >= 11 is 12.8. The minimum Gasteiger partial charge on any atom is -0.271 e. The Labute approximate surface area is 109 Å². The van der Waals surface area contributed by atoms with Gasteiger partial charge in [0.2, 0.25) is 0 Å². The first-order valence-electron chi connectivity index (χ1n) is 4.14. The Morgan fingerprint density at radius 3 is 2.73 bits per heavy atom. The van der Waals surface area contributed by atoms with Gasteiger partial charge in [0.15, 0.2) is 0 Å². The highest BCUT2D eigenvalue weighted by Crippen LogP contribution is 2.36. The Balaban J connectivity index is 2.41. The van der Waals surface area contributed by atoms with Crippen LogP contribution < -0.4 is 11.3 Å². The molecule has 1 unspecified atom stereocenters. The third-order valence-corrected chi connectivity index (χ3v) is 5.20. The quantitative estimate of drug-likeness (QED) is 0.666. The number of nitrogens with one attached hydrogen (secondary N) is 1. The molecule has 2 nitrogen and oxygen atoms in total. The maximum atomic E-state index is 6.09. The summed E-state index contributed by atoms with van der Waals surface area (Å²) in [5, 5.41) is 6.80. The SMILES string of the molecule is NNC(c1cscc1Br)c1sccc1Cl. The summed E-state index contributed by atoms with van der Waals surface area (Å²) in [6.45, 7) is 0. The lowest BCUT2D eigenvalue weighted by Gasteiger charge is -2.14. The Morgan fingerprint density at radius 1 is 1.47 bits per heavy atom. The van der Waals surface area contributed by atoms with Crippen molar-refractivity contribution >= 4 is 50.2 Å². The number of halogens is 2. The molecule has 6 heteroatoms. The molecule has 0 aliphatic heterocycles. The molecule has 0 spiro atoms. The topological polar surface area (TPSA) is 38.0 Å². The number of hydrogen-bond acceptors (Lipinski definition) is 4. The summed E-state index contributed by atoms with van der Waals surface area (Å²) in [6.07, 6.45) is 0. The summed E-state index contributed by atoms with van der Waals surface area (Å²) in [5.74, 6) is 5.57. The fourth-order valence-corrected chi connectivity index (χ4v) is 4.11. The van der Waals surface area contributed by atoms with E-state index in [0.717, 1.165) is 19.9 Å². The van der Waals surface area contributed by atoms with Crippen molar-refractivity contribution in [2.75, 3.05) is 0 Å². The molecule has 0 amide bonds. The van der Waals surface area contributed by atoms with Gasteiger partial charge < -0.3 is 0 Å². The molecular formula is C9H8BrClN2S2. The molecule has 0 aromatic carbocycles. The van der Waals surface area contributed by atoms with E-state index >= 15 is 0 Å². The Bertz CT molecular complexity index is 414. The van der Waals surface area contributed by atoms with E-state index in [2.05, 4.69) is 26.7 Å². The number of thiophene rings is 2. The number of rotatable bonds is 3. The van der Waals surface area contributed by atoms with Gasteiger partial charge in [0, 0.05) is 20.3 Å². The normalized spacial score (nSPS) is 13.0. The smallest absolute Gasteiger partial charge is 0.0836 e. The van der Waals surface area contributed by atoms with Gasteiger partial charge in [-0.25, -0.2) is 5.43 Å². The van der Waals surface area contributed by atoms with Gasteiger partial charge in [-0.05, 0) is 32.8 Å². The summed E-state index contributed by atoms with van der Waals surface area (Å²) in [6, 6.07) is 1.84. The zero-order valence-electron chi connectivity index (χ0n) is 7.54. The Kier molecular flexibility index (Phi) is 3.82. The van der Waals surface area contributed by atoms with Gasteiger partial charge in [-0.15, -0.1) is 11.3 Å². The summed E-state index contributed by atoms with van der Waals surface area (Å²) in [5.41, 5.74) is 3.91. The van der Waals surface area contributed by atoms with Crippen molar-refractivity contribution in [1.29, 1.82) is 0 Å². The minimum absolute atomic E-state index is 0.0434. The molecule has 15 heavy (non-hydrogen) atoms. The molecule has 0 saturated carbocycles. The number of nitrogens with two attached hydrogens (primary N) is 1. The van der Waals surface area contributed by atoms with Crippen molar-refractivity contribution in [1.82, 2.24) is 5.43 Å². The minimum atomic E-state index is -0.0434. The van der Waals surface area contributed by atoms with Gasteiger partial charge in [0.25, 0.3) is 0 Å². The van der Waals surface area contributed by atoms with Gasteiger partial charge in [-0.2, -0.15) is 11.3 Å². The number of hydrazine groups is 1. The average molecular weight is 324 g/mol. The lowest BCUT2D eigenvalue weighted by Crippen LogP contribution is -2.28. The highest BCUT2D eigenvalue weighted by molar-refractivity contribution is 9.10. The Morgan fingerprint density at radius 2 is 2.27 bits per heavy atom. The standard InChI is InChI=1S/C9H8BrClN2S2/c10-6-4-14-3-5(6)8(13-12)9-7(11)1-2-15-9/h1-4,8,13H,12H2. The van der Waals surface area contributed by atoms with Crippen molar-refractivity contribution in [2.24, 2.45) is 5.84 Å². The van der Waals surface area contributed by atoms with Crippen LogP contribution in [0.4, 0.5) is 0 Å². The molecule has 2 heterocycles. The molecule has 2 aromatic heterocycles. The molecule has 2 aromatic rings. The molecule has 0 radical (unpaired) electrons. The third-order valence-electron chi connectivity index (χ3n) is 2.03. The van der Waals surface area contributed by atoms with Crippen LogP contribution in [0.25, 0.3) is 0 Å². The first kappa shape index (κ1) is 11.6. The molecule has 3 N–H and O–H groups in total. The van der Waals surface area contributed by atoms with E-state index < -0.39 is 0 Å². The van der Waals surface area contributed by atoms with Crippen molar-refractivity contribution in [3.05, 3.63) is 42.1 Å². The maximum Gasteiger partial charge on any atom is 0.0836 e. The van der Waals surface area contributed by atoms with E-state index in [9.17, 15) is 0 Å². The first-order chi connectivity index (χ1) is 7.24. The summed E-state index contributed by atoms with van der Waals surface area (Å²) in [7, 11) is 0. The van der Waals surface area contributed by atoms with Crippen LogP contribution in [-0.4, -0.2) is 0 Å². The van der Waals surface area contributed by atoms with Crippen molar-refractivity contribution in [3.63, 3.8) is 0 Å². The molecule has 80 valence electrons. The average Bonchev–Trinajstić information content (AvgIpc) is 2.80. The zero-order chi connectivity index (χ0) is 10.8. The van der Waals surface area contributed by atoms with E-state index in [4.69, 9.17) is 17.4 Å². The molecule has 0 fully saturated rings. The van der Waals surface area contributed by atoms with Gasteiger partial charge in [0.1, 0.15) is 0 Å². The molecule has 2 rings (SSSR count). The molecule has 0 bridgehead atoms. The van der Waals surface area contributed by atoms with Gasteiger partial charge >= 0.3 is 0 Å². The van der Waals surface area contributed by atoms with Gasteiger partial charge in [-0.3, -0.25) is 5.84 Å². The van der Waals surface area contributed by atoms with Crippen molar-refractivity contribution in [2.45, 2.75) is 6.04 Å². The molecule has 0 aliphatic rings. The van der Waals surface area contributed by atoms with E-state index in [-0.39, 0.29) is 6.04 Å². The fourth-order valence-electron chi connectivity index (χ4n) is 1.32. The second-order valence-corrected chi connectivity index (χ2v) is 5.86. The zero-order valence-corrected chi connectivity index (χ0v) is 11.5. The van der Waals surface area contributed by atoms with E-state index in [1.54, 1.807) is 22.7 Å². The molecule has 1 atom stereocenters. The fraction of sp³-hybridized carbons (Fsp3) is 0.111. The maximum absolute atomic E-state index is 6.09. The van der Waals surface area contributed by atoms with E-state index in [1.165, 1.54) is 0 Å². The van der Waals surface area contributed by atoms with Crippen LogP contribution in [0, 0.1) is 0 Å². The van der Waals surface area contributed by atoms with E-state index in [0.29, 0.717) is 0 Å². The predicted molar refractivity (Wildman–Crippen MR) is 70.5 cm³/mol. The van der Waals surface area contributed by atoms with Crippen molar-refractivity contribution < 1.29 is 0 Å². The highest BCUT2D eigenvalue weighted by Gasteiger charge is 2.19. The monoisotopic (exact) mass is 322 g/mol. The second-order valence-electron chi connectivity index (χ2n) is 2.91. The van der Waals surface area contributed by atoms with Gasteiger partial charge in [0.05, 0.1) is 11.1 Å². The van der Waals surface area contributed by atoms with Crippen LogP contribution >= 0.6 is 50.2 Å². The van der Waals surface area contributed by atoms with Crippen LogP contribution in [-0.2, 0) is 0 Å². The Hall–Kier alpha value is 0.0900. The van der Waals surface area contributed by atoms with Crippen LogP contribution in [0.1, 0.15) is 16.5 Å². The largest absolute Gasteiger partial charge is 0.271 e. The second kappa shape index (κ2) is 4.95. The molecule has 0 saturated heterocycles. The number of hydrogen-bond donors (Lipinski definition) is 2. The lowest BCUT2D eigenvalue weighted by atomic mass is 10.1. The van der Waals surface area contributed by atoms with Crippen LogP contribution in [0.2, 0.25) is 5.02 Å². The predicted octanol–water partition coefficient (Wildman–Crippen LogP) is 3.78. The van der Waals surface area contributed by atoms with Crippen LogP contribution in [0.5, 0.6) is 0 Å². The van der Waals surface area contributed by atoms with Crippen molar-refractivity contribution in [3.8, 4) is 0 Å². The van der Waals surface area contributed by atoms with Gasteiger partial charge in [-0.1, -0.05) is 11.6 Å². The molecule has 0 aliphatic carbocycles.